The maximum absolute atomic E-state index is 12.5. The standard InChI is InChI=1S/C15H21F3N4O3S/c1-22(2)26(24,25)21-12-6-3-10(4-7-12)14(23)20-13-8-5-11(9-19-13)15(16,17)18/h5,8-10,12,21H,3-4,6-7H2,1-2H3,(H,19,20,23)/t10-,12-. The molecule has 1 aromatic rings. The van der Waals surface area contributed by atoms with E-state index < -0.39 is 21.9 Å². The van der Waals surface area contributed by atoms with Crippen molar-refractivity contribution >= 4 is 21.9 Å². The van der Waals surface area contributed by atoms with Gasteiger partial charge < -0.3 is 5.32 Å². The molecule has 1 aliphatic rings. The fourth-order valence-electron chi connectivity index (χ4n) is 2.65. The normalized spacial score (nSPS) is 21.6. The molecule has 1 aromatic heterocycles. The van der Waals surface area contributed by atoms with Crippen LogP contribution in [0.3, 0.4) is 0 Å². The highest BCUT2D eigenvalue weighted by atomic mass is 32.2. The molecule has 1 saturated carbocycles. The third kappa shape index (κ3) is 5.39. The summed E-state index contributed by atoms with van der Waals surface area (Å²) in [6.07, 6.45) is -1.84. The molecule has 1 fully saturated rings. The molecular formula is C15H21F3N4O3S. The molecule has 2 N–H and O–H groups in total. The minimum Gasteiger partial charge on any atom is -0.310 e. The van der Waals surface area contributed by atoms with Crippen molar-refractivity contribution in [1.82, 2.24) is 14.0 Å². The molecule has 26 heavy (non-hydrogen) atoms. The minimum atomic E-state index is -4.48. The first-order valence-corrected chi connectivity index (χ1v) is 9.47. The van der Waals surface area contributed by atoms with Crippen LogP contribution in [0.2, 0.25) is 0 Å². The molecule has 1 aliphatic carbocycles. The minimum absolute atomic E-state index is 0.0541. The lowest BCUT2D eigenvalue weighted by Gasteiger charge is -2.29. The van der Waals surface area contributed by atoms with Crippen LogP contribution in [-0.2, 0) is 21.2 Å². The van der Waals surface area contributed by atoms with Crippen LogP contribution in [0.4, 0.5) is 19.0 Å². The average molecular weight is 394 g/mol. The van der Waals surface area contributed by atoms with Crippen molar-refractivity contribution in [3.63, 3.8) is 0 Å². The lowest BCUT2D eigenvalue weighted by molar-refractivity contribution is -0.137. The van der Waals surface area contributed by atoms with Crippen LogP contribution in [0.5, 0.6) is 0 Å². The van der Waals surface area contributed by atoms with E-state index in [2.05, 4.69) is 15.0 Å². The van der Waals surface area contributed by atoms with Crippen molar-refractivity contribution in [2.75, 3.05) is 19.4 Å². The smallest absolute Gasteiger partial charge is 0.310 e. The number of hydrogen-bond donors (Lipinski definition) is 2. The Labute approximate surface area is 150 Å². The maximum Gasteiger partial charge on any atom is 0.417 e. The van der Waals surface area contributed by atoms with Crippen LogP contribution in [0, 0.1) is 5.92 Å². The molecule has 7 nitrogen and oxygen atoms in total. The molecule has 0 radical (unpaired) electrons. The van der Waals surface area contributed by atoms with Crippen molar-refractivity contribution in [3.05, 3.63) is 23.9 Å². The Bertz CT molecular complexity index is 727. The Morgan fingerprint density at radius 3 is 2.27 bits per heavy atom. The second-order valence-corrected chi connectivity index (χ2v) is 8.29. The fourth-order valence-corrected chi connectivity index (χ4v) is 3.52. The Hall–Kier alpha value is -1.72. The van der Waals surface area contributed by atoms with Gasteiger partial charge >= 0.3 is 6.18 Å². The Balaban J connectivity index is 1.87. The van der Waals surface area contributed by atoms with Gasteiger partial charge in [0, 0.05) is 32.3 Å². The van der Waals surface area contributed by atoms with Crippen molar-refractivity contribution < 1.29 is 26.4 Å². The van der Waals surface area contributed by atoms with E-state index in [-0.39, 0.29) is 23.7 Å². The summed E-state index contributed by atoms with van der Waals surface area (Å²) >= 11 is 0. The number of anilines is 1. The predicted molar refractivity (Wildman–Crippen MR) is 89.4 cm³/mol. The van der Waals surface area contributed by atoms with Crippen LogP contribution in [0.15, 0.2) is 18.3 Å². The number of nitrogens with one attached hydrogen (secondary N) is 2. The Morgan fingerprint density at radius 2 is 1.81 bits per heavy atom. The van der Waals surface area contributed by atoms with E-state index in [0.29, 0.717) is 31.9 Å². The monoisotopic (exact) mass is 394 g/mol. The van der Waals surface area contributed by atoms with E-state index in [1.807, 2.05) is 0 Å². The topological polar surface area (TPSA) is 91.4 Å². The molecule has 146 valence electrons. The number of amides is 1. The zero-order valence-corrected chi connectivity index (χ0v) is 15.2. The Morgan fingerprint density at radius 1 is 1.19 bits per heavy atom. The molecular weight excluding hydrogens is 373 g/mol. The van der Waals surface area contributed by atoms with E-state index in [1.54, 1.807) is 0 Å². The first-order valence-electron chi connectivity index (χ1n) is 8.03. The number of rotatable bonds is 5. The van der Waals surface area contributed by atoms with Crippen LogP contribution in [0.25, 0.3) is 0 Å². The van der Waals surface area contributed by atoms with Gasteiger partial charge in [0.05, 0.1) is 5.56 Å². The highest BCUT2D eigenvalue weighted by Crippen LogP contribution is 2.29. The summed E-state index contributed by atoms with van der Waals surface area (Å²) in [5.41, 5.74) is -0.885. The number of carbonyl (C=O) groups excluding carboxylic acids is 1. The van der Waals surface area contributed by atoms with Crippen LogP contribution in [0.1, 0.15) is 31.2 Å². The summed E-state index contributed by atoms with van der Waals surface area (Å²) in [5.74, 6) is -0.608. The van der Waals surface area contributed by atoms with Gasteiger partial charge in [-0.2, -0.15) is 30.6 Å². The summed E-state index contributed by atoms with van der Waals surface area (Å²) in [7, 11) is -0.661. The van der Waals surface area contributed by atoms with Crippen molar-refractivity contribution in [2.24, 2.45) is 5.92 Å². The highest BCUT2D eigenvalue weighted by Gasteiger charge is 2.31. The number of nitrogens with zero attached hydrogens (tertiary/aromatic N) is 2. The molecule has 0 aromatic carbocycles. The van der Waals surface area contributed by atoms with Crippen LogP contribution >= 0.6 is 0 Å². The quantitative estimate of drug-likeness (QED) is 0.799. The Kier molecular flexibility index (Phi) is 6.25. The SMILES string of the molecule is CN(C)S(=O)(=O)N[C@H]1CC[C@H](C(=O)Nc2ccc(C(F)(F)F)cn2)CC1. The van der Waals surface area contributed by atoms with E-state index >= 15 is 0 Å². The number of halogens is 3. The largest absolute Gasteiger partial charge is 0.417 e. The molecule has 0 spiro atoms. The van der Waals surface area contributed by atoms with E-state index in [9.17, 15) is 26.4 Å². The summed E-state index contributed by atoms with van der Waals surface area (Å²) in [5, 5.41) is 2.51. The van der Waals surface area contributed by atoms with Gasteiger partial charge in [0.15, 0.2) is 0 Å². The molecule has 0 saturated heterocycles. The third-order valence-corrected chi connectivity index (χ3v) is 5.83. The van der Waals surface area contributed by atoms with Crippen LogP contribution in [-0.4, -0.2) is 43.8 Å². The molecule has 2 rings (SSSR count). The van der Waals surface area contributed by atoms with Gasteiger partial charge in [-0.25, -0.2) is 4.98 Å². The van der Waals surface area contributed by atoms with Gasteiger partial charge in [-0.15, -0.1) is 0 Å². The molecule has 11 heteroatoms. The third-order valence-electron chi connectivity index (χ3n) is 4.24. The number of hydrogen-bond acceptors (Lipinski definition) is 4. The fraction of sp³-hybridized carbons (Fsp3) is 0.600. The molecule has 1 amide bonds. The van der Waals surface area contributed by atoms with Gasteiger partial charge in [-0.1, -0.05) is 0 Å². The van der Waals surface area contributed by atoms with Crippen LogP contribution < -0.4 is 10.0 Å². The van der Waals surface area contributed by atoms with E-state index in [1.165, 1.54) is 14.1 Å². The van der Waals surface area contributed by atoms with Gasteiger partial charge in [-0.05, 0) is 37.8 Å². The van der Waals surface area contributed by atoms with E-state index in [0.717, 1.165) is 16.4 Å². The molecule has 0 aliphatic heterocycles. The number of alkyl halides is 3. The molecule has 0 bridgehead atoms. The first kappa shape index (κ1) is 20.6. The maximum atomic E-state index is 12.5. The number of aromatic nitrogens is 1. The van der Waals surface area contributed by atoms with Crippen molar-refractivity contribution in [2.45, 2.75) is 37.9 Å². The zero-order valence-electron chi connectivity index (χ0n) is 14.4. The summed E-state index contributed by atoms with van der Waals surface area (Å²) < 4.78 is 64.8. The average Bonchev–Trinajstić information content (AvgIpc) is 2.54. The van der Waals surface area contributed by atoms with Gasteiger partial charge in [0.2, 0.25) is 5.91 Å². The van der Waals surface area contributed by atoms with Gasteiger partial charge in [-0.3, -0.25) is 4.79 Å². The van der Waals surface area contributed by atoms with Crippen molar-refractivity contribution in [3.8, 4) is 0 Å². The number of carbonyl (C=O) groups is 1. The zero-order chi connectivity index (χ0) is 19.5. The molecule has 1 heterocycles. The van der Waals surface area contributed by atoms with Crippen molar-refractivity contribution in [1.29, 1.82) is 0 Å². The summed E-state index contributed by atoms with van der Waals surface area (Å²) in [4.78, 5) is 15.8. The predicted octanol–water partition coefficient (Wildman–Crippen LogP) is 1.99. The lowest BCUT2D eigenvalue weighted by Crippen LogP contribution is -2.44. The number of pyridine rings is 1. The first-order chi connectivity index (χ1) is 12.0. The highest BCUT2D eigenvalue weighted by molar-refractivity contribution is 7.87. The lowest BCUT2D eigenvalue weighted by atomic mass is 9.86. The summed E-state index contributed by atoms with van der Waals surface area (Å²) in [6.45, 7) is 0. The second-order valence-electron chi connectivity index (χ2n) is 6.37. The van der Waals surface area contributed by atoms with E-state index in [4.69, 9.17) is 0 Å². The second kappa shape index (κ2) is 7.89. The molecule has 0 unspecified atom stereocenters. The van der Waals surface area contributed by atoms with Gasteiger partial charge in [0.1, 0.15) is 5.82 Å². The van der Waals surface area contributed by atoms with Gasteiger partial charge in [0.25, 0.3) is 10.2 Å². The molecule has 0 atom stereocenters. The summed E-state index contributed by atoms with van der Waals surface area (Å²) in [6, 6.07) is 1.73.